The van der Waals surface area contributed by atoms with Crippen LogP contribution in [0.3, 0.4) is 0 Å². The number of Topliss-reactive ketones (excluding diaryl/α,β-unsaturated/α-hetero) is 1. The lowest BCUT2D eigenvalue weighted by atomic mass is 9.69. The van der Waals surface area contributed by atoms with Crippen LogP contribution < -0.4 is 21.1 Å². The predicted octanol–water partition coefficient (Wildman–Crippen LogP) is 8.40. The Morgan fingerprint density at radius 1 is 0.934 bits per heavy atom. The molecule has 1 aliphatic heterocycles. The van der Waals surface area contributed by atoms with Gasteiger partial charge in [0.25, 0.3) is 0 Å². The van der Waals surface area contributed by atoms with Gasteiger partial charge in [-0.25, -0.2) is 4.98 Å². The van der Waals surface area contributed by atoms with Crippen LogP contribution >= 0.6 is 0 Å². The number of nitrogen functional groups attached to an aromatic ring is 1. The summed E-state index contributed by atoms with van der Waals surface area (Å²) in [6.07, 6.45) is 17.6. The van der Waals surface area contributed by atoms with E-state index in [2.05, 4.69) is 71.2 Å². The maximum absolute atomic E-state index is 13.5. The van der Waals surface area contributed by atoms with Crippen molar-refractivity contribution in [1.29, 1.82) is 0 Å². The van der Waals surface area contributed by atoms with E-state index in [1.807, 2.05) is 12.1 Å². The first-order chi connectivity index (χ1) is 29.7. The van der Waals surface area contributed by atoms with Crippen LogP contribution in [-0.4, -0.2) is 67.2 Å². The van der Waals surface area contributed by atoms with Crippen LogP contribution in [-0.2, 0) is 41.7 Å². The average Bonchev–Trinajstić information content (AvgIpc) is 3.74. The molecule has 61 heavy (non-hydrogen) atoms. The number of aliphatic hydroxyl groups is 1. The molecule has 6 rings (SSSR count). The van der Waals surface area contributed by atoms with E-state index in [9.17, 15) is 19.8 Å². The van der Waals surface area contributed by atoms with Crippen LogP contribution in [0.15, 0.2) is 85.1 Å². The Morgan fingerprint density at radius 2 is 1.64 bits per heavy atom. The quantitative estimate of drug-likeness (QED) is 0.0368. The number of aryl methyl sites for hydroxylation is 4. The van der Waals surface area contributed by atoms with E-state index in [1.165, 1.54) is 74.8 Å². The number of pyridine rings is 1. The summed E-state index contributed by atoms with van der Waals surface area (Å²) in [5, 5.41) is 28.6. The molecular formula is C52H68N4O5. The van der Waals surface area contributed by atoms with E-state index in [0.717, 1.165) is 75.2 Å². The standard InChI is InChI=1S/C52H68N4O5/c1-54-34-45(40-19-24-55-25-20-40)33-52(21-6-7-22-52)23-9-14-46(58)31-47(59)28-44(36-57)48-32-50(61-2)49(60)29-42(48)27-43-35-56-51(53)30-41(43)18-17-39-13-8-12-38(26-39)16-15-37-10-4-3-5-11-37/h3-5,8,10-13,26,28-30,32,35,40,45,54-55,57,60H,6-7,9,14-25,27,31,33-34,36H2,1-2H3,(H2,53,56)/t45-/m0/s1. The zero-order valence-electron chi connectivity index (χ0n) is 36.5. The molecule has 1 saturated heterocycles. The van der Waals surface area contributed by atoms with Crippen molar-refractivity contribution in [3.05, 3.63) is 124 Å². The molecule has 0 spiro atoms. The number of phenols is 1. The van der Waals surface area contributed by atoms with Crippen LogP contribution in [0.1, 0.15) is 110 Å². The SMILES string of the molecule is CNC[C@H](CC1(CCCC(=O)CC(=O)C=C(CO)c2cc(OC)c(O)cc2Cc2cnc(N)cc2CCc2cccc(CCc3ccccc3)c2)CCCC1)C1CCNCC1. The number of aromatic hydroxyl groups is 1. The maximum Gasteiger partial charge on any atom is 0.163 e. The molecule has 2 aliphatic rings. The van der Waals surface area contributed by atoms with Crippen molar-refractivity contribution in [3.63, 3.8) is 0 Å². The summed E-state index contributed by atoms with van der Waals surface area (Å²) >= 11 is 0. The molecular weight excluding hydrogens is 761 g/mol. The number of anilines is 1. The van der Waals surface area contributed by atoms with Gasteiger partial charge >= 0.3 is 0 Å². The van der Waals surface area contributed by atoms with E-state index in [-0.39, 0.29) is 34.9 Å². The van der Waals surface area contributed by atoms with E-state index in [4.69, 9.17) is 10.5 Å². The highest BCUT2D eigenvalue weighted by molar-refractivity contribution is 6.07. The minimum atomic E-state index is -0.429. The van der Waals surface area contributed by atoms with Gasteiger partial charge in [-0.3, -0.25) is 9.59 Å². The van der Waals surface area contributed by atoms with Gasteiger partial charge in [0, 0.05) is 12.6 Å². The second-order valence-corrected chi connectivity index (χ2v) is 17.7. The molecule has 6 N–H and O–H groups in total. The van der Waals surface area contributed by atoms with Crippen LogP contribution in [0, 0.1) is 17.3 Å². The maximum atomic E-state index is 13.5. The normalized spacial score (nSPS) is 16.1. The van der Waals surface area contributed by atoms with Crippen molar-refractivity contribution >= 4 is 23.0 Å². The van der Waals surface area contributed by atoms with Gasteiger partial charge in [0.05, 0.1) is 20.1 Å². The number of benzene rings is 3. The van der Waals surface area contributed by atoms with Crippen LogP contribution in [0.25, 0.3) is 5.57 Å². The number of allylic oxidation sites excluding steroid dienone is 1. The fourth-order valence-corrected chi connectivity index (χ4v) is 10.1. The number of piperidine rings is 1. The highest BCUT2D eigenvalue weighted by Gasteiger charge is 2.38. The molecule has 2 heterocycles. The molecule has 1 aliphatic carbocycles. The number of aliphatic hydroxyl groups excluding tert-OH is 1. The highest BCUT2D eigenvalue weighted by atomic mass is 16.5. The van der Waals surface area contributed by atoms with Crippen molar-refractivity contribution < 1.29 is 24.5 Å². The monoisotopic (exact) mass is 829 g/mol. The first kappa shape index (κ1) is 45.7. The summed E-state index contributed by atoms with van der Waals surface area (Å²) < 4.78 is 5.47. The smallest absolute Gasteiger partial charge is 0.163 e. The van der Waals surface area contributed by atoms with Crippen molar-refractivity contribution in [2.24, 2.45) is 17.3 Å². The minimum absolute atomic E-state index is 0.0506. The Labute approximate surface area is 363 Å². The fourth-order valence-electron chi connectivity index (χ4n) is 10.1. The number of carbonyl (C=O) groups is 2. The molecule has 1 atom stereocenters. The zero-order valence-corrected chi connectivity index (χ0v) is 36.5. The molecule has 1 aromatic heterocycles. The number of nitrogens with two attached hydrogens (primary N) is 1. The Bertz CT molecular complexity index is 2070. The summed E-state index contributed by atoms with van der Waals surface area (Å²) in [7, 11) is 3.53. The number of ether oxygens (including phenoxy) is 1. The van der Waals surface area contributed by atoms with E-state index in [1.54, 1.807) is 18.3 Å². The van der Waals surface area contributed by atoms with Gasteiger partial charge in [0.2, 0.25) is 0 Å². The lowest BCUT2D eigenvalue weighted by Gasteiger charge is -2.38. The van der Waals surface area contributed by atoms with Crippen LogP contribution in [0.5, 0.6) is 11.5 Å². The van der Waals surface area contributed by atoms with Gasteiger partial charge in [-0.2, -0.15) is 0 Å². The van der Waals surface area contributed by atoms with Gasteiger partial charge < -0.3 is 31.3 Å². The number of phenolic OH excluding ortho intramolecular Hbond substituents is 1. The number of methoxy groups -OCH3 is 1. The summed E-state index contributed by atoms with van der Waals surface area (Å²) in [4.78, 5) is 31.2. The number of nitrogens with one attached hydrogen (secondary N) is 2. The summed E-state index contributed by atoms with van der Waals surface area (Å²) in [6, 6.07) is 24.4. The van der Waals surface area contributed by atoms with Gasteiger partial charge in [0.1, 0.15) is 11.6 Å². The van der Waals surface area contributed by atoms with Crippen LogP contribution in [0.4, 0.5) is 5.82 Å². The predicted molar refractivity (Wildman–Crippen MR) is 246 cm³/mol. The third-order valence-electron chi connectivity index (χ3n) is 13.4. The molecule has 0 amide bonds. The lowest BCUT2D eigenvalue weighted by Crippen LogP contribution is -2.37. The van der Waals surface area contributed by atoms with Crippen molar-refractivity contribution in [1.82, 2.24) is 15.6 Å². The van der Waals surface area contributed by atoms with Gasteiger partial charge in [-0.15, -0.1) is 0 Å². The first-order valence-corrected chi connectivity index (χ1v) is 22.6. The summed E-state index contributed by atoms with van der Waals surface area (Å²) in [5.41, 5.74) is 13.9. The number of hydrogen-bond donors (Lipinski definition) is 5. The minimum Gasteiger partial charge on any atom is -0.504 e. The van der Waals surface area contributed by atoms with E-state index < -0.39 is 6.61 Å². The number of ketones is 2. The number of aromatic nitrogens is 1. The molecule has 3 aromatic carbocycles. The number of hydrogen-bond acceptors (Lipinski definition) is 9. The van der Waals surface area contributed by atoms with Gasteiger partial charge in [0.15, 0.2) is 17.3 Å². The number of carbonyl (C=O) groups excluding carboxylic acids is 2. The Morgan fingerprint density at radius 3 is 2.34 bits per heavy atom. The van der Waals surface area contributed by atoms with Crippen molar-refractivity contribution in [2.45, 2.75) is 103 Å². The molecule has 0 radical (unpaired) electrons. The molecule has 9 heteroatoms. The number of rotatable bonds is 23. The van der Waals surface area contributed by atoms with E-state index >= 15 is 0 Å². The largest absolute Gasteiger partial charge is 0.504 e. The van der Waals surface area contributed by atoms with Crippen molar-refractivity contribution in [3.8, 4) is 11.5 Å². The molecule has 2 fully saturated rings. The highest BCUT2D eigenvalue weighted by Crippen LogP contribution is 2.48. The third-order valence-corrected chi connectivity index (χ3v) is 13.4. The number of nitrogens with zero attached hydrogens (tertiary/aromatic N) is 1. The fraction of sp³-hybridized carbons (Fsp3) is 0.481. The third kappa shape index (κ3) is 13.3. The molecule has 0 unspecified atom stereocenters. The van der Waals surface area contributed by atoms with Crippen molar-refractivity contribution in [2.75, 3.05) is 46.1 Å². The van der Waals surface area contributed by atoms with Gasteiger partial charge in [-0.1, -0.05) is 67.4 Å². The first-order valence-electron chi connectivity index (χ1n) is 22.6. The second kappa shape index (κ2) is 22.9. The Balaban J connectivity index is 1.11. The molecule has 0 bridgehead atoms. The topological polar surface area (TPSA) is 147 Å². The lowest BCUT2D eigenvalue weighted by molar-refractivity contribution is -0.124. The molecule has 9 nitrogen and oxygen atoms in total. The average molecular weight is 829 g/mol. The van der Waals surface area contributed by atoms with Gasteiger partial charge in [-0.05, 0) is 190 Å². The summed E-state index contributed by atoms with van der Waals surface area (Å²) in [6.45, 7) is 2.81. The molecule has 326 valence electrons. The molecule has 1 saturated carbocycles. The van der Waals surface area contributed by atoms with Crippen LogP contribution in [0.2, 0.25) is 0 Å². The Kier molecular flexibility index (Phi) is 17.1. The molecule has 4 aromatic rings. The summed E-state index contributed by atoms with van der Waals surface area (Å²) in [5.74, 6) is 1.57. The van der Waals surface area contributed by atoms with E-state index in [0.29, 0.717) is 41.3 Å². The second-order valence-electron chi connectivity index (χ2n) is 17.7. The zero-order chi connectivity index (χ0) is 43.0. The Hall–Kier alpha value is -4.83.